The van der Waals surface area contributed by atoms with Crippen LogP contribution < -0.4 is 4.83 Å². The maximum atomic E-state index is 13.6. The highest BCUT2D eigenvalue weighted by atomic mass is 35.5. The molecule has 2 aromatic rings. The van der Waals surface area contributed by atoms with E-state index in [0.29, 0.717) is 5.56 Å². The van der Waals surface area contributed by atoms with E-state index in [0.717, 1.165) is 5.56 Å². The first-order valence-electron chi connectivity index (χ1n) is 8.78. The van der Waals surface area contributed by atoms with Gasteiger partial charge in [-0.15, -0.1) is 5.10 Å². The van der Waals surface area contributed by atoms with Gasteiger partial charge in [0.2, 0.25) is 0 Å². The smallest absolute Gasteiger partial charge is 0.276 e. The topological polar surface area (TPSA) is 61.8 Å². The molecule has 2 aliphatic rings. The number of likely N-dealkylation sites (tertiary alicyclic amines) is 1. The van der Waals surface area contributed by atoms with Crippen LogP contribution in [0.3, 0.4) is 0 Å². The Balaban J connectivity index is 1.66. The highest BCUT2D eigenvalue weighted by molar-refractivity contribution is 7.89. The molecular formula is C19H17Cl2F2N3O2S. The van der Waals surface area contributed by atoms with Crippen LogP contribution in [0.25, 0.3) is 0 Å². The first-order chi connectivity index (χ1) is 13.5. The number of sulfonamides is 1. The second-order valence-corrected chi connectivity index (χ2v) is 9.93. The Bertz CT molecular complexity index is 1080. The van der Waals surface area contributed by atoms with E-state index >= 15 is 0 Å². The Labute approximate surface area is 177 Å². The van der Waals surface area contributed by atoms with Crippen molar-refractivity contribution in [3.63, 3.8) is 0 Å². The van der Waals surface area contributed by atoms with Gasteiger partial charge in [-0.05, 0) is 31.2 Å². The van der Waals surface area contributed by atoms with Crippen LogP contribution in [0.5, 0.6) is 0 Å². The number of alkyl halides is 2. The van der Waals surface area contributed by atoms with Crippen LogP contribution in [0.15, 0.2) is 52.5 Å². The Morgan fingerprint density at radius 3 is 2.17 bits per heavy atom. The van der Waals surface area contributed by atoms with E-state index in [1.807, 2.05) is 6.92 Å². The number of rotatable bonds is 4. The summed E-state index contributed by atoms with van der Waals surface area (Å²) in [4.78, 5) is 3.77. The summed E-state index contributed by atoms with van der Waals surface area (Å²) in [5, 5.41) is 4.53. The molecule has 0 aromatic heterocycles. The number of benzene rings is 2. The minimum atomic E-state index is -3.96. The lowest BCUT2D eigenvalue weighted by Crippen LogP contribution is -2.54. The van der Waals surface area contributed by atoms with Gasteiger partial charge in [0.15, 0.2) is 5.84 Å². The number of hydrogen-bond acceptors (Lipinski definition) is 3. The molecular weight excluding hydrogens is 443 g/mol. The van der Waals surface area contributed by atoms with Gasteiger partial charge in [-0.2, -0.15) is 13.2 Å². The molecule has 0 radical (unpaired) electrons. The molecule has 0 atom stereocenters. The van der Waals surface area contributed by atoms with Crippen molar-refractivity contribution in [1.29, 1.82) is 0 Å². The number of hydrogen-bond donors (Lipinski definition) is 1. The molecule has 1 spiro atoms. The molecule has 154 valence electrons. The van der Waals surface area contributed by atoms with Crippen LogP contribution in [-0.4, -0.2) is 38.2 Å². The molecule has 2 fully saturated rings. The molecule has 2 aromatic carbocycles. The van der Waals surface area contributed by atoms with Gasteiger partial charge >= 0.3 is 0 Å². The van der Waals surface area contributed by atoms with Gasteiger partial charge in [0.1, 0.15) is 0 Å². The Morgan fingerprint density at radius 1 is 1.10 bits per heavy atom. The molecule has 0 unspecified atom stereocenters. The van der Waals surface area contributed by atoms with Crippen LogP contribution in [-0.2, 0) is 10.0 Å². The number of amidine groups is 1. The lowest BCUT2D eigenvalue weighted by Gasteiger charge is -2.42. The summed E-state index contributed by atoms with van der Waals surface area (Å²) in [6.07, 6.45) is -0.185. The highest BCUT2D eigenvalue weighted by Gasteiger charge is 2.76. The molecule has 4 rings (SSSR count). The SMILES string of the molecule is Cc1ccc(S(=O)(=O)N/N=C(\c2c(Cl)cccc2Cl)N2CC3(C2)CC3(F)F)cc1. The zero-order valence-electron chi connectivity index (χ0n) is 15.3. The molecule has 0 bridgehead atoms. The van der Waals surface area contributed by atoms with E-state index in [2.05, 4.69) is 9.93 Å². The molecule has 1 aliphatic carbocycles. The normalized spacial score (nSPS) is 19.8. The average molecular weight is 460 g/mol. The van der Waals surface area contributed by atoms with Crippen molar-refractivity contribution in [2.75, 3.05) is 13.1 Å². The average Bonchev–Trinajstić information content (AvgIpc) is 3.19. The summed E-state index contributed by atoms with van der Waals surface area (Å²) in [6.45, 7) is 1.94. The van der Waals surface area contributed by atoms with Crippen LogP contribution >= 0.6 is 23.2 Å². The minimum absolute atomic E-state index is 0.0326. The van der Waals surface area contributed by atoms with Crippen LogP contribution in [0.4, 0.5) is 8.78 Å². The quantitative estimate of drug-likeness (QED) is 0.421. The molecule has 10 heteroatoms. The van der Waals surface area contributed by atoms with Crippen molar-refractivity contribution in [3.05, 3.63) is 63.6 Å². The number of aryl methyl sites for hydroxylation is 1. The predicted octanol–water partition coefficient (Wildman–Crippen LogP) is 4.28. The Hall–Kier alpha value is -1.90. The molecule has 1 heterocycles. The van der Waals surface area contributed by atoms with Crippen molar-refractivity contribution in [2.24, 2.45) is 10.5 Å². The third kappa shape index (κ3) is 3.58. The molecule has 1 aliphatic heterocycles. The van der Waals surface area contributed by atoms with E-state index < -0.39 is 21.4 Å². The fourth-order valence-electron chi connectivity index (χ4n) is 3.43. The van der Waals surface area contributed by atoms with Crippen molar-refractivity contribution in [3.8, 4) is 0 Å². The first-order valence-corrected chi connectivity index (χ1v) is 11.0. The largest absolute Gasteiger partial charge is 0.353 e. The molecule has 1 saturated heterocycles. The van der Waals surface area contributed by atoms with Crippen molar-refractivity contribution >= 4 is 39.1 Å². The highest BCUT2D eigenvalue weighted by Crippen LogP contribution is 2.65. The summed E-state index contributed by atoms with van der Waals surface area (Å²) < 4.78 is 52.5. The summed E-state index contributed by atoms with van der Waals surface area (Å²) in [6, 6.07) is 11.0. The third-order valence-electron chi connectivity index (χ3n) is 5.29. The number of nitrogens with zero attached hydrogens (tertiary/aromatic N) is 2. The van der Waals surface area contributed by atoms with Crippen molar-refractivity contribution < 1.29 is 17.2 Å². The fourth-order valence-corrected chi connectivity index (χ4v) is 4.80. The third-order valence-corrected chi connectivity index (χ3v) is 7.14. The Morgan fingerprint density at radius 2 is 1.66 bits per heavy atom. The van der Waals surface area contributed by atoms with Crippen molar-refractivity contribution in [2.45, 2.75) is 24.2 Å². The van der Waals surface area contributed by atoms with Gasteiger partial charge in [-0.3, -0.25) is 0 Å². The summed E-state index contributed by atoms with van der Waals surface area (Å²) in [5.41, 5.74) is 0.130. The zero-order chi connectivity index (χ0) is 21.0. The first kappa shape index (κ1) is 20.4. The monoisotopic (exact) mass is 459 g/mol. The maximum Gasteiger partial charge on any atom is 0.276 e. The lowest BCUT2D eigenvalue weighted by molar-refractivity contribution is 0.00569. The fraction of sp³-hybridized carbons (Fsp3) is 0.316. The van der Waals surface area contributed by atoms with Gasteiger partial charge in [0, 0.05) is 19.5 Å². The van der Waals surface area contributed by atoms with E-state index in [9.17, 15) is 17.2 Å². The molecule has 5 nitrogen and oxygen atoms in total. The number of hydrazone groups is 1. The molecule has 29 heavy (non-hydrogen) atoms. The summed E-state index contributed by atoms with van der Waals surface area (Å²) in [5.74, 6) is -2.59. The maximum absolute atomic E-state index is 13.6. The summed E-state index contributed by atoms with van der Waals surface area (Å²) in [7, 11) is -3.96. The zero-order valence-corrected chi connectivity index (χ0v) is 17.6. The lowest BCUT2D eigenvalue weighted by atomic mass is 9.94. The predicted molar refractivity (Wildman–Crippen MR) is 108 cm³/mol. The second kappa shape index (κ2) is 6.82. The van der Waals surface area contributed by atoms with Gasteiger partial charge in [0.25, 0.3) is 15.9 Å². The van der Waals surface area contributed by atoms with Gasteiger partial charge in [-0.1, -0.05) is 47.0 Å². The Kier molecular flexibility index (Phi) is 4.79. The molecule has 1 N–H and O–H groups in total. The number of halogens is 4. The van der Waals surface area contributed by atoms with E-state index in [1.165, 1.54) is 12.1 Å². The van der Waals surface area contributed by atoms with Gasteiger partial charge < -0.3 is 4.90 Å². The van der Waals surface area contributed by atoms with Gasteiger partial charge in [0.05, 0.1) is 25.9 Å². The van der Waals surface area contributed by atoms with Crippen LogP contribution in [0.1, 0.15) is 17.5 Å². The van der Waals surface area contributed by atoms with E-state index in [1.54, 1.807) is 35.2 Å². The van der Waals surface area contributed by atoms with Crippen LogP contribution in [0, 0.1) is 12.3 Å². The second-order valence-electron chi connectivity index (χ2n) is 7.46. The van der Waals surface area contributed by atoms with Gasteiger partial charge in [-0.25, -0.2) is 8.78 Å². The van der Waals surface area contributed by atoms with E-state index in [4.69, 9.17) is 23.2 Å². The standard InChI is InChI=1S/C19H17Cl2F2N3O2S/c1-12-5-7-13(8-6-12)29(27,28)25-24-17(16-14(20)3-2-4-15(16)21)26-10-18(11-26)9-19(18,22)23/h2-8,25H,9-11H2,1H3/b24-17+. The van der Waals surface area contributed by atoms with Crippen molar-refractivity contribution in [1.82, 2.24) is 9.73 Å². The number of nitrogens with one attached hydrogen (secondary N) is 1. The molecule has 0 amide bonds. The summed E-state index contributed by atoms with van der Waals surface area (Å²) >= 11 is 12.5. The van der Waals surface area contributed by atoms with E-state index in [-0.39, 0.29) is 40.3 Å². The molecule has 1 saturated carbocycles. The minimum Gasteiger partial charge on any atom is -0.353 e. The van der Waals surface area contributed by atoms with Crippen LogP contribution in [0.2, 0.25) is 10.0 Å².